The van der Waals surface area contributed by atoms with E-state index < -0.39 is 8.80 Å². The fraction of sp³-hybridized carbons (Fsp3) is 0.0769. The van der Waals surface area contributed by atoms with E-state index in [1.54, 1.807) is 0 Å². The van der Waals surface area contributed by atoms with Crippen molar-refractivity contribution in [3.8, 4) is 0 Å². The lowest BCUT2D eigenvalue weighted by Crippen LogP contribution is -2.38. The van der Waals surface area contributed by atoms with E-state index in [2.05, 4.69) is 67.2 Å². The van der Waals surface area contributed by atoms with Crippen LogP contribution < -0.4 is 10.4 Å². The first-order valence-corrected chi connectivity index (χ1v) is 6.82. The van der Waals surface area contributed by atoms with Gasteiger partial charge < -0.3 is 0 Å². The van der Waals surface area contributed by atoms with Gasteiger partial charge in [0.1, 0.15) is 8.80 Å². The maximum absolute atomic E-state index is 2.34. The molecule has 0 aromatic heterocycles. The first-order chi connectivity index (χ1) is 6.88. The quantitative estimate of drug-likeness (QED) is 0.699. The Hall–Kier alpha value is -1.05. The van der Waals surface area contributed by atoms with Crippen LogP contribution in [0.2, 0.25) is 6.55 Å². The summed E-state index contributed by atoms with van der Waals surface area (Å²) in [5.74, 6) is 0. The molecule has 0 aliphatic heterocycles. The van der Waals surface area contributed by atoms with Gasteiger partial charge in [0.2, 0.25) is 0 Å². The van der Waals surface area contributed by atoms with Crippen LogP contribution in [0.25, 0.3) is 0 Å². The zero-order valence-corrected chi connectivity index (χ0v) is 10.5. The summed E-state index contributed by atoms with van der Waals surface area (Å²) in [5.41, 5.74) is 0. The van der Waals surface area contributed by atoms with E-state index in [-0.39, 0.29) is 12.4 Å². The predicted octanol–water partition coefficient (Wildman–Crippen LogP) is 2.35. The minimum Gasteiger partial charge on any atom is -0.147 e. The van der Waals surface area contributed by atoms with E-state index in [1.807, 2.05) is 0 Å². The van der Waals surface area contributed by atoms with Gasteiger partial charge in [0.15, 0.2) is 0 Å². The molecule has 15 heavy (non-hydrogen) atoms. The van der Waals surface area contributed by atoms with Crippen molar-refractivity contribution in [2.24, 2.45) is 0 Å². The van der Waals surface area contributed by atoms with Gasteiger partial charge in [-0.2, -0.15) is 0 Å². The molecule has 77 valence electrons. The third-order valence-corrected chi connectivity index (χ3v) is 4.81. The van der Waals surface area contributed by atoms with Gasteiger partial charge in [0.05, 0.1) is 0 Å². The minimum absolute atomic E-state index is 0. The van der Waals surface area contributed by atoms with Crippen molar-refractivity contribution in [2.75, 3.05) is 0 Å². The smallest absolute Gasteiger partial charge is 0.118 e. The lowest BCUT2D eigenvalue weighted by molar-refractivity contribution is 1.72. The monoisotopic (exact) mass is 233 g/mol. The minimum atomic E-state index is -0.545. The van der Waals surface area contributed by atoms with E-state index in [9.17, 15) is 0 Å². The molecule has 0 saturated heterocycles. The van der Waals surface area contributed by atoms with Crippen LogP contribution in [0.3, 0.4) is 0 Å². The second-order valence-electron chi connectivity index (χ2n) is 3.36. The summed E-state index contributed by atoms with van der Waals surface area (Å²) in [7, 11) is -0.545. The molecule has 0 nitrogen and oxygen atoms in total. The molecule has 0 fully saturated rings. The standard InChI is InChI=1S/C13H13Si.ClH/c1-14(12-8-4-2-5-9-12)13-10-6-3-7-11-13;/h2-11H,1H3;1H. The van der Waals surface area contributed by atoms with E-state index in [0.29, 0.717) is 0 Å². The topological polar surface area (TPSA) is 0 Å². The zero-order valence-electron chi connectivity index (χ0n) is 8.68. The number of rotatable bonds is 2. The maximum Gasteiger partial charge on any atom is 0.118 e. The SMILES string of the molecule is C[Si](c1ccccc1)c1ccccc1.Cl. The lowest BCUT2D eigenvalue weighted by Gasteiger charge is -2.09. The van der Waals surface area contributed by atoms with Crippen LogP contribution in [0.1, 0.15) is 0 Å². The van der Waals surface area contributed by atoms with Gasteiger partial charge in [-0.3, -0.25) is 0 Å². The fourth-order valence-electron chi connectivity index (χ4n) is 1.54. The average molecular weight is 234 g/mol. The van der Waals surface area contributed by atoms with Crippen molar-refractivity contribution < 1.29 is 0 Å². The van der Waals surface area contributed by atoms with Crippen molar-refractivity contribution in [1.29, 1.82) is 0 Å². The zero-order chi connectivity index (χ0) is 9.80. The Labute approximate surface area is 99.0 Å². The van der Waals surface area contributed by atoms with Gasteiger partial charge in [-0.15, -0.1) is 12.4 Å². The van der Waals surface area contributed by atoms with Gasteiger partial charge in [-0.25, -0.2) is 0 Å². The molecule has 0 heterocycles. The van der Waals surface area contributed by atoms with E-state index in [4.69, 9.17) is 0 Å². The molecular weight excluding hydrogens is 220 g/mol. The van der Waals surface area contributed by atoms with Crippen molar-refractivity contribution in [2.45, 2.75) is 6.55 Å². The highest BCUT2D eigenvalue weighted by atomic mass is 35.5. The Morgan fingerprint density at radius 2 is 1.00 bits per heavy atom. The summed E-state index contributed by atoms with van der Waals surface area (Å²) >= 11 is 0. The van der Waals surface area contributed by atoms with Gasteiger partial charge in [-0.05, 0) is 0 Å². The molecule has 0 aliphatic carbocycles. The Morgan fingerprint density at radius 1 is 0.667 bits per heavy atom. The highest BCUT2D eigenvalue weighted by Crippen LogP contribution is 1.91. The number of halogens is 1. The Kier molecular flexibility index (Phi) is 4.60. The van der Waals surface area contributed by atoms with Crippen LogP contribution in [-0.4, -0.2) is 8.80 Å². The molecule has 0 saturated carbocycles. The average Bonchev–Trinajstić information content (AvgIpc) is 2.30. The first kappa shape index (κ1) is 12.0. The predicted molar refractivity (Wildman–Crippen MR) is 71.0 cm³/mol. The van der Waals surface area contributed by atoms with Crippen LogP contribution in [0.5, 0.6) is 0 Å². The van der Waals surface area contributed by atoms with Crippen LogP contribution in [0.15, 0.2) is 60.7 Å². The molecule has 0 unspecified atom stereocenters. The van der Waals surface area contributed by atoms with Gasteiger partial charge in [0.25, 0.3) is 0 Å². The first-order valence-electron chi connectivity index (χ1n) is 4.82. The van der Waals surface area contributed by atoms with Crippen LogP contribution in [0.4, 0.5) is 0 Å². The summed E-state index contributed by atoms with van der Waals surface area (Å²) < 4.78 is 0. The second-order valence-corrected chi connectivity index (χ2v) is 5.76. The van der Waals surface area contributed by atoms with Gasteiger partial charge >= 0.3 is 0 Å². The summed E-state index contributed by atoms with van der Waals surface area (Å²) in [5, 5.41) is 2.95. The molecule has 0 amide bonds. The summed E-state index contributed by atoms with van der Waals surface area (Å²) in [6.07, 6.45) is 0. The maximum atomic E-state index is 2.34. The summed E-state index contributed by atoms with van der Waals surface area (Å²) in [6, 6.07) is 21.5. The molecule has 0 aliphatic rings. The van der Waals surface area contributed by atoms with E-state index >= 15 is 0 Å². The third-order valence-electron chi connectivity index (χ3n) is 2.41. The summed E-state index contributed by atoms with van der Waals surface area (Å²) in [6.45, 7) is 2.34. The molecule has 0 atom stereocenters. The highest BCUT2D eigenvalue weighted by molar-refractivity contribution is 6.84. The Bertz CT molecular complexity index is 346. The molecule has 2 aromatic rings. The van der Waals surface area contributed by atoms with Gasteiger partial charge in [-0.1, -0.05) is 77.6 Å². The van der Waals surface area contributed by atoms with Crippen molar-refractivity contribution in [3.05, 3.63) is 60.7 Å². The molecule has 2 aromatic carbocycles. The number of hydrogen-bond acceptors (Lipinski definition) is 0. The van der Waals surface area contributed by atoms with Crippen LogP contribution in [0, 0.1) is 0 Å². The number of benzene rings is 2. The number of hydrogen-bond donors (Lipinski definition) is 0. The van der Waals surface area contributed by atoms with E-state index in [1.165, 1.54) is 10.4 Å². The van der Waals surface area contributed by atoms with Crippen LogP contribution >= 0.6 is 12.4 Å². The van der Waals surface area contributed by atoms with Crippen molar-refractivity contribution in [3.63, 3.8) is 0 Å². The highest BCUT2D eigenvalue weighted by Gasteiger charge is 2.08. The molecule has 2 rings (SSSR count). The second kappa shape index (κ2) is 5.74. The molecule has 2 heteroatoms. The molecule has 1 radical (unpaired) electrons. The van der Waals surface area contributed by atoms with Crippen molar-refractivity contribution >= 4 is 31.6 Å². The Balaban J connectivity index is 0.00000112. The fourth-order valence-corrected chi connectivity index (χ4v) is 3.26. The molecule has 0 N–H and O–H groups in total. The normalized spacial score (nSPS) is 9.73. The third kappa shape index (κ3) is 2.95. The summed E-state index contributed by atoms with van der Waals surface area (Å²) in [4.78, 5) is 0. The van der Waals surface area contributed by atoms with Crippen LogP contribution in [-0.2, 0) is 0 Å². The van der Waals surface area contributed by atoms with Crippen molar-refractivity contribution in [1.82, 2.24) is 0 Å². The molecule has 0 bridgehead atoms. The van der Waals surface area contributed by atoms with Gasteiger partial charge in [0, 0.05) is 0 Å². The largest absolute Gasteiger partial charge is 0.147 e. The molecular formula is C13H14ClSi. The Morgan fingerprint density at radius 3 is 1.33 bits per heavy atom. The molecule has 0 spiro atoms. The van der Waals surface area contributed by atoms with E-state index in [0.717, 1.165) is 0 Å². The lowest BCUT2D eigenvalue weighted by atomic mass is 10.4.